The zero-order chi connectivity index (χ0) is 22.5. The fourth-order valence-electron chi connectivity index (χ4n) is 3.21. The lowest BCUT2D eigenvalue weighted by Gasteiger charge is -2.17. The number of aromatic nitrogens is 3. The molecule has 2 aromatic carbocycles. The molecule has 0 spiro atoms. The first-order valence-electron chi connectivity index (χ1n) is 9.93. The number of methoxy groups -OCH3 is 1. The van der Waals surface area contributed by atoms with Gasteiger partial charge in [0, 0.05) is 12.2 Å². The third kappa shape index (κ3) is 4.66. The van der Waals surface area contributed by atoms with Gasteiger partial charge in [0.15, 0.2) is 16.7 Å². The summed E-state index contributed by atoms with van der Waals surface area (Å²) < 4.78 is 12.6. The van der Waals surface area contributed by atoms with Gasteiger partial charge >= 0.3 is 0 Å². The zero-order valence-electron chi connectivity index (χ0n) is 17.5. The summed E-state index contributed by atoms with van der Waals surface area (Å²) in [5.41, 5.74) is 1.43. The molecule has 1 amide bonds. The molecule has 9 heteroatoms. The Balaban J connectivity index is 1.64. The number of thioether (sulfide) groups is 1. The van der Waals surface area contributed by atoms with Gasteiger partial charge in [-0.05, 0) is 42.8 Å². The van der Waals surface area contributed by atoms with E-state index in [2.05, 4.69) is 15.5 Å². The summed E-state index contributed by atoms with van der Waals surface area (Å²) in [6.45, 7) is 2.62. The standard InChI is InChI=1S/C23H21ClN4O3S/c1-3-28-21(19-10-7-13-31-19)26-27-23(28)32-20(15-8-5-4-6-9-15)22(29)25-16-11-12-18(30-2)17(24)14-16/h4-14,20H,3H2,1-2H3,(H,25,29). The second-order valence-electron chi connectivity index (χ2n) is 6.77. The summed E-state index contributed by atoms with van der Waals surface area (Å²) >= 11 is 7.55. The SMILES string of the molecule is CCn1c(SC(C(=O)Nc2ccc(OC)c(Cl)c2)c2ccccc2)nnc1-c1ccco1. The van der Waals surface area contributed by atoms with Gasteiger partial charge in [-0.15, -0.1) is 10.2 Å². The Hall–Kier alpha value is -3.23. The van der Waals surface area contributed by atoms with Crippen LogP contribution in [-0.2, 0) is 11.3 Å². The van der Waals surface area contributed by atoms with E-state index in [1.807, 2.05) is 47.9 Å². The van der Waals surface area contributed by atoms with Crippen LogP contribution in [0.3, 0.4) is 0 Å². The molecule has 0 aliphatic rings. The molecule has 0 bridgehead atoms. The van der Waals surface area contributed by atoms with Crippen molar-refractivity contribution in [2.24, 2.45) is 0 Å². The van der Waals surface area contributed by atoms with Crippen molar-refractivity contribution in [1.29, 1.82) is 0 Å². The highest BCUT2D eigenvalue weighted by molar-refractivity contribution is 8.00. The predicted molar refractivity (Wildman–Crippen MR) is 125 cm³/mol. The van der Waals surface area contributed by atoms with Crippen molar-refractivity contribution < 1.29 is 13.9 Å². The van der Waals surface area contributed by atoms with Gasteiger partial charge in [-0.1, -0.05) is 53.7 Å². The first-order valence-corrected chi connectivity index (χ1v) is 11.2. The van der Waals surface area contributed by atoms with Crippen molar-refractivity contribution in [3.63, 3.8) is 0 Å². The number of hydrogen-bond acceptors (Lipinski definition) is 6. The Kier molecular flexibility index (Phi) is 6.82. The minimum Gasteiger partial charge on any atom is -0.495 e. The van der Waals surface area contributed by atoms with Crippen molar-refractivity contribution in [2.75, 3.05) is 12.4 Å². The maximum atomic E-state index is 13.3. The number of hydrogen-bond donors (Lipinski definition) is 1. The normalized spacial score (nSPS) is 11.8. The predicted octanol–water partition coefficient (Wildman–Crippen LogP) is 5.69. The molecule has 0 aliphatic carbocycles. The molecular formula is C23H21ClN4O3S. The Labute approximate surface area is 194 Å². The average Bonchev–Trinajstić information content (AvgIpc) is 3.47. The number of anilines is 1. The van der Waals surface area contributed by atoms with E-state index < -0.39 is 5.25 Å². The molecule has 0 radical (unpaired) electrons. The largest absolute Gasteiger partial charge is 0.495 e. The Morgan fingerprint density at radius 3 is 2.66 bits per heavy atom. The lowest BCUT2D eigenvalue weighted by atomic mass is 10.1. The van der Waals surface area contributed by atoms with E-state index in [-0.39, 0.29) is 5.91 Å². The zero-order valence-corrected chi connectivity index (χ0v) is 19.1. The topological polar surface area (TPSA) is 82.2 Å². The molecule has 32 heavy (non-hydrogen) atoms. The number of nitrogens with zero attached hydrogens (tertiary/aromatic N) is 3. The van der Waals surface area contributed by atoms with Crippen LogP contribution in [-0.4, -0.2) is 27.8 Å². The molecule has 0 saturated carbocycles. The van der Waals surface area contributed by atoms with E-state index in [1.54, 1.807) is 37.6 Å². The third-order valence-electron chi connectivity index (χ3n) is 4.76. The number of amides is 1. The second-order valence-corrected chi connectivity index (χ2v) is 8.25. The maximum absolute atomic E-state index is 13.3. The second kappa shape index (κ2) is 9.93. The van der Waals surface area contributed by atoms with Crippen molar-refractivity contribution in [3.8, 4) is 17.3 Å². The monoisotopic (exact) mass is 468 g/mol. The lowest BCUT2D eigenvalue weighted by Crippen LogP contribution is -2.19. The van der Waals surface area contributed by atoms with Crippen LogP contribution in [0.15, 0.2) is 76.5 Å². The van der Waals surface area contributed by atoms with Crippen molar-refractivity contribution >= 4 is 35.0 Å². The molecule has 0 fully saturated rings. The van der Waals surface area contributed by atoms with Gasteiger partial charge in [0.1, 0.15) is 11.0 Å². The number of ether oxygens (including phenoxy) is 1. The minimum absolute atomic E-state index is 0.201. The van der Waals surface area contributed by atoms with Crippen LogP contribution in [0.2, 0.25) is 5.02 Å². The van der Waals surface area contributed by atoms with Crippen molar-refractivity contribution in [1.82, 2.24) is 14.8 Å². The fraction of sp³-hybridized carbons (Fsp3) is 0.174. The number of carbonyl (C=O) groups excluding carboxylic acids is 1. The number of benzene rings is 2. The third-order valence-corrected chi connectivity index (χ3v) is 6.29. The van der Waals surface area contributed by atoms with Crippen LogP contribution in [0.5, 0.6) is 5.75 Å². The Bertz CT molecular complexity index is 1200. The average molecular weight is 469 g/mol. The summed E-state index contributed by atoms with van der Waals surface area (Å²) in [5.74, 6) is 1.58. The van der Waals surface area contributed by atoms with E-state index >= 15 is 0 Å². The van der Waals surface area contributed by atoms with E-state index in [1.165, 1.54) is 11.8 Å². The molecular weight excluding hydrogens is 448 g/mol. The van der Waals surface area contributed by atoms with Crippen LogP contribution in [0, 0.1) is 0 Å². The summed E-state index contributed by atoms with van der Waals surface area (Å²) in [5, 5.41) is 12.0. The molecule has 0 saturated heterocycles. The van der Waals surface area contributed by atoms with Gasteiger partial charge < -0.3 is 14.5 Å². The van der Waals surface area contributed by atoms with Gasteiger partial charge in [-0.25, -0.2) is 0 Å². The van der Waals surface area contributed by atoms with Crippen molar-refractivity contribution in [3.05, 3.63) is 77.5 Å². The molecule has 4 aromatic rings. The van der Waals surface area contributed by atoms with Crippen LogP contribution >= 0.6 is 23.4 Å². The van der Waals surface area contributed by atoms with E-state index in [9.17, 15) is 4.79 Å². The fourth-order valence-corrected chi connectivity index (χ4v) is 4.57. The Morgan fingerprint density at radius 1 is 1.19 bits per heavy atom. The molecule has 1 N–H and O–H groups in total. The highest BCUT2D eigenvalue weighted by atomic mass is 35.5. The van der Waals surface area contributed by atoms with Crippen LogP contribution in [0.1, 0.15) is 17.7 Å². The molecule has 0 aliphatic heterocycles. The molecule has 1 unspecified atom stereocenters. The highest BCUT2D eigenvalue weighted by Crippen LogP contribution is 2.37. The smallest absolute Gasteiger partial charge is 0.242 e. The van der Waals surface area contributed by atoms with E-state index in [0.717, 1.165) is 5.56 Å². The maximum Gasteiger partial charge on any atom is 0.242 e. The number of halogens is 1. The molecule has 7 nitrogen and oxygen atoms in total. The van der Waals surface area contributed by atoms with Crippen LogP contribution in [0.4, 0.5) is 5.69 Å². The summed E-state index contributed by atoms with van der Waals surface area (Å²) in [4.78, 5) is 13.3. The summed E-state index contributed by atoms with van der Waals surface area (Å²) in [6, 6.07) is 18.3. The van der Waals surface area contributed by atoms with Gasteiger partial charge in [-0.2, -0.15) is 0 Å². The molecule has 1 atom stereocenters. The Morgan fingerprint density at radius 2 is 2.00 bits per heavy atom. The molecule has 2 aromatic heterocycles. The van der Waals surface area contributed by atoms with Crippen LogP contribution < -0.4 is 10.1 Å². The lowest BCUT2D eigenvalue weighted by molar-refractivity contribution is -0.115. The number of nitrogens with one attached hydrogen (secondary N) is 1. The van der Waals surface area contributed by atoms with Crippen LogP contribution in [0.25, 0.3) is 11.6 Å². The molecule has 2 heterocycles. The highest BCUT2D eigenvalue weighted by Gasteiger charge is 2.26. The van der Waals surface area contributed by atoms with E-state index in [0.29, 0.717) is 39.7 Å². The quantitative estimate of drug-likeness (QED) is 0.334. The number of furan rings is 1. The molecule has 164 valence electrons. The first kappa shape index (κ1) is 22.0. The van der Waals surface area contributed by atoms with Gasteiger partial charge in [-0.3, -0.25) is 9.36 Å². The summed E-state index contributed by atoms with van der Waals surface area (Å²) in [6.07, 6.45) is 1.59. The number of carbonyl (C=O) groups is 1. The summed E-state index contributed by atoms with van der Waals surface area (Å²) in [7, 11) is 1.54. The van der Waals surface area contributed by atoms with Gasteiger partial charge in [0.2, 0.25) is 5.91 Å². The van der Waals surface area contributed by atoms with Gasteiger partial charge in [0.25, 0.3) is 0 Å². The number of rotatable bonds is 8. The van der Waals surface area contributed by atoms with E-state index in [4.69, 9.17) is 20.8 Å². The first-order chi connectivity index (χ1) is 15.6. The van der Waals surface area contributed by atoms with Crippen molar-refractivity contribution in [2.45, 2.75) is 23.9 Å². The molecule has 4 rings (SSSR count). The minimum atomic E-state index is -0.559. The van der Waals surface area contributed by atoms with Gasteiger partial charge in [0.05, 0.1) is 18.4 Å².